The summed E-state index contributed by atoms with van der Waals surface area (Å²) in [6, 6.07) is 10.9. The molecule has 0 radical (unpaired) electrons. The Morgan fingerprint density at radius 3 is 2.57 bits per heavy atom. The highest BCUT2D eigenvalue weighted by Gasteiger charge is 2.19. The molecule has 1 saturated heterocycles. The van der Waals surface area contributed by atoms with Crippen molar-refractivity contribution in [3.63, 3.8) is 0 Å². The Labute approximate surface area is 182 Å². The average Bonchev–Trinajstić information content (AvgIpc) is 3.03. The van der Waals surface area contributed by atoms with Crippen molar-refractivity contribution in [2.45, 2.75) is 26.4 Å². The normalized spacial score (nSPS) is 16.3. The van der Waals surface area contributed by atoms with Gasteiger partial charge in [-0.05, 0) is 39.1 Å². The van der Waals surface area contributed by atoms with Crippen molar-refractivity contribution >= 4 is 27.4 Å². The molecule has 2 aromatic heterocycles. The molecule has 1 aliphatic rings. The molecule has 6 nitrogen and oxygen atoms in total. The lowest BCUT2D eigenvalue weighted by Crippen LogP contribution is -2.36. The molecule has 3 aromatic rings. The molecule has 7 heteroatoms. The Morgan fingerprint density at radius 1 is 1.13 bits per heavy atom. The van der Waals surface area contributed by atoms with E-state index in [0.717, 1.165) is 61.3 Å². The fraction of sp³-hybridized carbons (Fsp3) is 0.478. The first-order chi connectivity index (χ1) is 14.5. The van der Waals surface area contributed by atoms with E-state index in [1.165, 1.54) is 16.0 Å². The highest BCUT2D eigenvalue weighted by atomic mass is 32.1. The highest BCUT2D eigenvalue weighted by Crippen LogP contribution is 2.34. The third-order valence-electron chi connectivity index (χ3n) is 5.81. The first-order valence-electron chi connectivity index (χ1n) is 10.5. The molecule has 1 unspecified atom stereocenters. The van der Waals surface area contributed by atoms with Crippen molar-refractivity contribution in [1.29, 1.82) is 0 Å². The van der Waals surface area contributed by atoms with Gasteiger partial charge < -0.3 is 15.0 Å². The monoisotopic (exact) mass is 425 g/mol. The highest BCUT2D eigenvalue weighted by molar-refractivity contribution is 7.18. The molecule has 4 rings (SSSR count). The number of fused-ring (bicyclic) bond motifs is 1. The predicted molar refractivity (Wildman–Crippen MR) is 124 cm³/mol. The molecule has 30 heavy (non-hydrogen) atoms. The summed E-state index contributed by atoms with van der Waals surface area (Å²) in [6.45, 7) is 9.32. The second-order valence-corrected chi connectivity index (χ2v) is 9.31. The van der Waals surface area contributed by atoms with Gasteiger partial charge in [-0.3, -0.25) is 4.90 Å². The van der Waals surface area contributed by atoms with Gasteiger partial charge in [-0.15, -0.1) is 11.3 Å². The number of hydrogen-bond donors (Lipinski definition) is 1. The largest absolute Gasteiger partial charge is 0.379 e. The molecule has 1 atom stereocenters. The number of thiophene rings is 1. The number of morpholine rings is 1. The van der Waals surface area contributed by atoms with Gasteiger partial charge in [0.05, 0.1) is 31.2 Å². The summed E-state index contributed by atoms with van der Waals surface area (Å²) in [5.74, 6) is 1.84. The maximum Gasteiger partial charge on any atom is 0.146 e. The lowest BCUT2D eigenvalue weighted by Gasteiger charge is -2.27. The topological polar surface area (TPSA) is 53.5 Å². The van der Waals surface area contributed by atoms with Crippen molar-refractivity contribution in [3.05, 3.63) is 52.2 Å². The average molecular weight is 426 g/mol. The molecule has 0 spiro atoms. The smallest absolute Gasteiger partial charge is 0.146 e. The van der Waals surface area contributed by atoms with Crippen LogP contribution >= 0.6 is 11.3 Å². The summed E-state index contributed by atoms with van der Waals surface area (Å²) >= 11 is 1.76. The summed E-state index contributed by atoms with van der Waals surface area (Å²) in [6.07, 6.45) is 0. The van der Waals surface area contributed by atoms with Gasteiger partial charge in [-0.2, -0.15) is 0 Å². The van der Waals surface area contributed by atoms with Gasteiger partial charge >= 0.3 is 0 Å². The van der Waals surface area contributed by atoms with Crippen LogP contribution in [0.25, 0.3) is 10.2 Å². The van der Waals surface area contributed by atoms with Gasteiger partial charge in [0.15, 0.2) is 0 Å². The maximum absolute atomic E-state index is 5.48. The summed E-state index contributed by atoms with van der Waals surface area (Å²) in [5, 5.41) is 4.83. The number of ether oxygens (including phenoxy) is 1. The number of aromatic nitrogens is 2. The van der Waals surface area contributed by atoms with Gasteiger partial charge in [-0.1, -0.05) is 30.3 Å². The van der Waals surface area contributed by atoms with Crippen LogP contribution in [0.2, 0.25) is 0 Å². The van der Waals surface area contributed by atoms with Crippen LogP contribution < -0.4 is 5.32 Å². The molecule has 0 saturated carbocycles. The summed E-state index contributed by atoms with van der Waals surface area (Å²) in [4.78, 5) is 16.9. The number of hydrogen-bond acceptors (Lipinski definition) is 7. The number of anilines is 1. The molecule has 0 aliphatic carbocycles. The summed E-state index contributed by atoms with van der Waals surface area (Å²) < 4.78 is 5.48. The van der Waals surface area contributed by atoms with Gasteiger partial charge in [0.25, 0.3) is 0 Å². The zero-order valence-corrected chi connectivity index (χ0v) is 19.1. The fourth-order valence-corrected chi connectivity index (χ4v) is 4.97. The maximum atomic E-state index is 5.48. The van der Waals surface area contributed by atoms with Gasteiger partial charge in [-0.25, -0.2) is 9.97 Å². The molecule has 1 aliphatic heterocycles. The summed E-state index contributed by atoms with van der Waals surface area (Å²) in [5.41, 5.74) is 2.57. The molecule has 160 valence electrons. The lowest BCUT2D eigenvalue weighted by molar-refractivity contribution is 0.0331. The lowest BCUT2D eigenvalue weighted by atomic mass is 10.1. The van der Waals surface area contributed by atoms with E-state index in [1.54, 1.807) is 11.3 Å². The van der Waals surface area contributed by atoms with Crippen molar-refractivity contribution in [2.24, 2.45) is 0 Å². The molecule has 1 aromatic carbocycles. The third-order valence-corrected chi connectivity index (χ3v) is 6.92. The number of nitrogens with zero attached hydrogens (tertiary/aromatic N) is 4. The third kappa shape index (κ3) is 4.64. The van der Waals surface area contributed by atoms with E-state index in [9.17, 15) is 0 Å². The van der Waals surface area contributed by atoms with Crippen molar-refractivity contribution < 1.29 is 4.74 Å². The van der Waals surface area contributed by atoms with E-state index in [-0.39, 0.29) is 6.04 Å². The Hall–Kier alpha value is -2.06. The number of benzene rings is 1. The molecular weight excluding hydrogens is 394 g/mol. The predicted octanol–water partition coefficient (Wildman–Crippen LogP) is 3.86. The van der Waals surface area contributed by atoms with Gasteiger partial charge in [0.1, 0.15) is 16.5 Å². The van der Waals surface area contributed by atoms with E-state index in [1.807, 2.05) is 0 Å². The molecule has 0 amide bonds. The summed E-state index contributed by atoms with van der Waals surface area (Å²) in [7, 11) is 4.25. The van der Waals surface area contributed by atoms with Crippen molar-refractivity contribution in [1.82, 2.24) is 19.8 Å². The minimum Gasteiger partial charge on any atom is -0.379 e. The van der Waals surface area contributed by atoms with Crippen LogP contribution in [0.4, 0.5) is 5.82 Å². The molecule has 0 bridgehead atoms. The molecule has 1 N–H and O–H groups in total. The van der Waals surface area contributed by atoms with Crippen LogP contribution in [0.1, 0.15) is 27.9 Å². The van der Waals surface area contributed by atoms with E-state index in [2.05, 4.69) is 73.4 Å². The second kappa shape index (κ2) is 9.39. The van der Waals surface area contributed by atoms with Crippen LogP contribution in [0.5, 0.6) is 0 Å². The van der Waals surface area contributed by atoms with Crippen LogP contribution in [0.15, 0.2) is 30.3 Å². The van der Waals surface area contributed by atoms with E-state index < -0.39 is 0 Å². The zero-order valence-electron chi connectivity index (χ0n) is 18.3. The van der Waals surface area contributed by atoms with Crippen LogP contribution in [0.3, 0.4) is 0 Å². The quantitative estimate of drug-likeness (QED) is 0.620. The fourth-order valence-electron chi connectivity index (χ4n) is 3.92. The Morgan fingerprint density at radius 2 is 1.87 bits per heavy atom. The van der Waals surface area contributed by atoms with Crippen LogP contribution in [-0.4, -0.2) is 66.7 Å². The molecule has 3 heterocycles. The van der Waals surface area contributed by atoms with Crippen molar-refractivity contribution in [2.75, 3.05) is 52.3 Å². The Balaban J connectivity index is 1.62. The van der Waals surface area contributed by atoms with Crippen LogP contribution in [-0.2, 0) is 11.3 Å². The first kappa shape index (κ1) is 21.2. The molecular formula is C23H31N5OS. The minimum absolute atomic E-state index is 0.263. The number of nitrogens with one attached hydrogen (secondary N) is 1. The van der Waals surface area contributed by atoms with E-state index in [0.29, 0.717) is 0 Å². The number of aryl methyl sites for hydroxylation is 2. The van der Waals surface area contributed by atoms with Crippen LogP contribution in [0, 0.1) is 13.8 Å². The minimum atomic E-state index is 0.263. The Kier molecular flexibility index (Phi) is 6.63. The SMILES string of the molecule is Cc1sc2nc(CN3CCOCC3)nc(NCC(c3ccccc3)N(C)C)c2c1C. The first-order valence-corrected chi connectivity index (χ1v) is 11.4. The van der Waals surface area contributed by atoms with Crippen molar-refractivity contribution in [3.8, 4) is 0 Å². The number of rotatable bonds is 7. The van der Waals surface area contributed by atoms with Gasteiger partial charge in [0, 0.05) is 24.5 Å². The Bertz CT molecular complexity index is 982. The van der Waals surface area contributed by atoms with Gasteiger partial charge in [0.2, 0.25) is 0 Å². The van der Waals surface area contributed by atoms with E-state index in [4.69, 9.17) is 14.7 Å². The van der Waals surface area contributed by atoms with E-state index >= 15 is 0 Å². The standard InChI is InChI=1S/C23H31N5OS/c1-16-17(2)30-23-21(16)22(25-20(26-23)15-28-10-12-29-13-11-28)24-14-19(27(3)4)18-8-6-5-7-9-18/h5-9,19H,10-15H2,1-4H3,(H,24,25,26). The number of likely N-dealkylation sites (N-methyl/N-ethyl adjacent to an activating group) is 1. The molecule has 1 fully saturated rings. The zero-order chi connectivity index (χ0) is 21.1. The second-order valence-electron chi connectivity index (χ2n) is 8.11.